The number of aromatic carboxylic acids is 1. The average Bonchev–Trinajstić information content (AvgIpc) is 2.87. The van der Waals surface area contributed by atoms with Crippen molar-refractivity contribution in [2.24, 2.45) is 0 Å². The van der Waals surface area contributed by atoms with Crippen LogP contribution in [0.2, 0.25) is 0 Å². The zero-order valence-electron chi connectivity index (χ0n) is 11.1. The van der Waals surface area contributed by atoms with E-state index in [0.29, 0.717) is 12.4 Å². The highest BCUT2D eigenvalue weighted by Crippen LogP contribution is 2.31. The van der Waals surface area contributed by atoms with Crippen molar-refractivity contribution < 1.29 is 19.4 Å². The lowest BCUT2D eigenvalue weighted by atomic mass is 10.1. The molecule has 1 aliphatic rings. The molecule has 0 amide bonds. The fraction of sp³-hybridized carbons (Fsp3) is 0.188. The normalized spacial score (nSPS) is 16.1. The van der Waals surface area contributed by atoms with E-state index >= 15 is 0 Å². The Morgan fingerprint density at radius 3 is 2.95 bits per heavy atom. The Morgan fingerprint density at radius 1 is 1.33 bits per heavy atom. The third-order valence-electron chi connectivity index (χ3n) is 3.31. The maximum Gasteiger partial charge on any atom is 0.339 e. The van der Waals surface area contributed by atoms with Gasteiger partial charge in [0.2, 0.25) is 0 Å². The summed E-state index contributed by atoms with van der Waals surface area (Å²) >= 11 is 3.43. The van der Waals surface area contributed by atoms with Crippen LogP contribution in [0, 0.1) is 0 Å². The van der Waals surface area contributed by atoms with Crippen LogP contribution in [0.25, 0.3) is 0 Å². The Bertz CT molecular complexity index is 684. The Hall–Kier alpha value is -2.01. The zero-order valence-corrected chi connectivity index (χ0v) is 12.7. The predicted octanol–water partition coefficient (Wildman–Crippen LogP) is 3.53. The molecule has 1 atom stereocenters. The fourth-order valence-electron chi connectivity index (χ4n) is 2.33. The SMILES string of the molecule is O=C(O)c1ccccc1OCC1Cc2cc(Br)ccc2O1. The predicted molar refractivity (Wildman–Crippen MR) is 81.2 cm³/mol. The van der Waals surface area contributed by atoms with Gasteiger partial charge in [-0.1, -0.05) is 28.1 Å². The Labute approximate surface area is 130 Å². The lowest BCUT2D eigenvalue weighted by Crippen LogP contribution is -2.23. The van der Waals surface area contributed by atoms with Crippen LogP contribution in [-0.4, -0.2) is 23.8 Å². The quantitative estimate of drug-likeness (QED) is 0.918. The molecule has 0 aliphatic carbocycles. The molecule has 0 fully saturated rings. The van der Waals surface area contributed by atoms with Gasteiger partial charge in [0.1, 0.15) is 29.8 Å². The molecule has 0 radical (unpaired) electrons. The van der Waals surface area contributed by atoms with E-state index < -0.39 is 5.97 Å². The average molecular weight is 349 g/mol. The first-order valence-corrected chi connectivity index (χ1v) is 7.33. The molecule has 1 N–H and O–H groups in total. The highest BCUT2D eigenvalue weighted by molar-refractivity contribution is 9.10. The van der Waals surface area contributed by atoms with Crippen LogP contribution in [-0.2, 0) is 6.42 Å². The molecule has 1 aliphatic heterocycles. The molecular formula is C16H13BrO4. The number of ether oxygens (including phenoxy) is 2. The summed E-state index contributed by atoms with van der Waals surface area (Å²) in [5.74, 6) is 0.231. The molecule has 0 spiro atoms. The number of carboxylic acids is 1. The Kier molecular flexibility index (Phi) is 3.84. The van der Waals surface area contributed by atoms with E-state index in [4.69, 9.17) is 14.6 Å². The summed E-state index contributed by atoms with van der Waals surface area (Å²) in [5, 5.41) is 9.11. The number of para-hydroxylation sites is 1. The monoisotopic (exact) mass is 348 g/mol. The van der Waals surface area contributed by atoms with Crippen molar-refractivity contribution in [1.29, 1.82) is 0 Å². The number of carboxylic acid groups (broad SMARTS) is 1. The molecule has 0 saturated heterocycles. The number of halogens is 1. The summed E-state index contributed by atoms with van der Waals surface area (Å²) in [6.45, 7) is 0.316. The third-order valence-corrected chi connectivity index (χ3v) is 3.80. The van der Waals surface area contributed by atoms with Crippen molar-refractivity contribution in [3.8, 4) is 11.5 Å². The van der Waals surface area contributed by atoms with Crippen LogP contribution in [0.3, 0.4) is 0 Å². The molecule has 1 unspecified atom stereocenters. The second kappa shape index (κ2) is 5.77. The first kappa shape index (κ1) is 13.9. The van der Waals surface area contributed by atoms with E-state index in [9.17, 15) is 4.79 Å². The van der Waals surface area contributed by atoms with E-state index in [1.165, 1.54) is 6.07 Å². The van der Waals surface area contributed by atoms with Gasteiger partial charge in [0, 0.05) is 10.9 Å². The van der Waals surface area contributed by atoms with Crippen LogP contribution >= 0.6 is 15.9 Å². The second-order valence-electron chi connectivity index (χ2n) is 4.81. The van der Waals surface area contributed by atoms with Gasteiger partial charge in [0.15, 0.2) is 0 Å². The van der Waals surface area contributed by atoms with E-state index in [1.54, 1.807) is 18.2 Å². The minimum atomic E-state index is -0.995. The number of carbonyl (C=O) groups is 1. The molecule has 3 rings (SSSR count). The molecular weight excluding hydrogens is 336 g/mol. The summed E-state index contributed by atoms with van der Waals surface area (Å²) in [7, 11) is 0. The van der Waals surface area contributed by atoms with E-state index in [-0.39, 0.29) is 11.7 Å². The fourth-order valence-corrected chi connectivity index (χ4v) is 2.74. The summed E-state index contributed by atoms with van der Waals surface area (Å²) in [6.07, 6.45) is 0.653. The molecule has 2 aromatic rings. The van der Waals surface area contributed by atoms with Crippen LogP contribution < -0.4 is 9.47 Å². The van der Waals surface area contributed by atoms with Gasteiger partial charge in [-0.15, -0.1) is 0 Å². The highest BCUT2D eigenvalue weighted by atomic mass is 79.9. The van der Waals surface area contributed by atoms with Crippen molar-refractivity contribution in [2.75, 3.05) is 6.61 Å². The second-order valence-corrected chi connectivity index (χ2v) is 5.72. The van der Waals surface area contributed by atoms with E-state index in [0.717, 1.165) is 22.2 Å². The van der Waals surface area contributed by atoms with Crippen molar-refractivity contribution in [3.05, 3.63) is 58.1 Å². The van der Waals surface area contributed by atoms with Crippen molar-refractivity contribution in [1.82, 2.24) is 0 Å². The van der Waals surface area contributed by atoms with E-state index in [2.05, 4.69) is 15.9 Å². The topological polar surface area (TPSA) is 55.8 Å². The molecule has 1 heterocycles. The van der Waals surface area contributed by atoms with Gasteiger partial charge < -0.3 is 14.6 Å². The molecule has 2 aromatic carbocycles. The van der Waals surface area contributed by atoms with Crippen LogP contribution in [0.15, 0.2) is 46.9 Å². The van der Waals surface area contributed by atoms with Gasteiger partial charge in [-0.25, -0.2) is 4.79 Å². The summed E-state index contributed by atoms with van der Waals surface area (Å²) in [4.78, 5) is 11.1. The number of hydrogen-bond donors (Lipinski definition) is 1. The standard InChI is InChI=1S/C16H13BrO4/c17-11-5-6-14-10(7-11)8-12(21-14)9-20-15-4-2-1-3-13(15)16(18)19/h1-7,12H,8-9H2,(H,18,19). The molecule has 108 valence electrons. The third kappa shape index (κ3) is 3.03. The molecule has 0 saturated carbocycles. The van der Waals surface area contributed by atoms with Gasteiger partial charge in [-0.3, -0.25) is 0 Å². The zero-order chi connectivity index (χ0) is 14.8. The number of hydrogen-bond acceptors (Lipinski definition) is 3. The molecule has 4 nitrogen and oxygen atoms in total. The molecule has 0 bridgehead atoms. The first-order valence-electron chi connectivity index (χ1n) is 6.53. The number of fused-ring (bicyclic) bond motifs is 1. The minimum Gasteiger partial charge on any atom is -0.489 e. The van der Waals surface area contributed by atoms with Crippen LogP contribution in [0.4, 0.5) is 0 Å². The summed E-state index contributed by atoms with van der Waals surface area (Å²) < 4.78 is 12.4. The van der Waals surface area contributed by atoms with Gasteiger partial charge >= 0.3 is 5.97 Å². The Morgan fingerprint density at radius 2 is 2.14 bits per heavy atom. The van der Waals surface area contributed by atoms with Gasteiger partial charge in [0.25, 0.3) is 0 Å². The maximum absolute atomic E-state index is 11.1. The molecule has 5 heteroatoms. The van der Waals surface area contributed by atoms with Crippen LogP contribution in [0.5, 0.6) is 11.5 Å². The lowest BCUT2D eigenvalue weighted by Gasteiger charge is -2.13. The summed E-state index contributed by atoms with van der Waals surface area (Å²) in [5.41, 5.74) is 1.29. The highest BCUT2D eigenvalue weighted by Gasteiger charge is 2.24. The van der Waals surface area contributed by atoms with Gasteiger partial charge in [-0.05, 0) is 35.9 Å². The van der Waals surface area contributed by atoms with Gasteiger partial charge in [-0.2, -0.15) is 0 Å². The maximum atomic E-state index is 11.1. The lowest BCUT2D eigenvalue weighted by molar-refractivity contribution is 0.0688. The van der Waals surface area contributed by atoms with Crippen molar-refractivity contribution >= 4 is 21.9 Å². The first-order chi connectivity index (χ1) is 10.1. The smallest absolute Gasteiger partial charge is 0.339 e. The summed E-state index contributed by atoms with van der Waals surface area (Å²) in [6, 6.07) is 12.5. The van der Waals surface area contributed by atoms with Crippen molar-refractivity contribution in [2.45, 2.75) is 12.5 Å². The molecule has 0 aromatic heterocycles. The molecule has 21 heavy (non-hydrogen) atoms. The minimum absolute atomic E-state index is 0.101. The Balaban J connectivity index is 1.67. The largest absolute Gasteiger partial charge is 0.489 e. The van der Waals surface area contributed by atoms with Crippen molar-refractivity contribution in [3.63, 3.8) is 0 Å². The van der Waals surface area contributed by atoms with Gasteiger partial charge in [0.05, 0.1) is 0 Å². The number of rotatable bonds is 4. The number of benzene rings is 2. The van der Waals surface area contributed by atoms with E-state index in [1.807, 2.05) is 18.2 Å². The van der Waals surface area contributed by atoms with Crippen LogP contribution in [0.1, 0.15) is 15.9 Å².